The summed E-state index contributed by atoms with van der Waals surface area (Å²) in [5.74, 6) is -1.91. The SMILES string of the molecule is O=C(O)c1cc(-c2ccc(Br)cc2F)nc(=O)[nH]1. The Kier molecular flexibility index (Phi) is 3.24. The molecule has 0 aliphatic heterocycles. The lowest BCUT2D eigenvalue weighted by molar-refractivity contribution is 0.0690. The van der Waals surface area contributed by atoms with Gasteiger partial charge in [-0.15, -0.1) is 0 Å². The van der Waals surface area contributed by atoms with Crippen LogP contribution in [0.15, 0.2) is 33.5 Å². The van der Waals surface area contributed by atoms with Crippen molar-refractivity contribution in [2.45, 2.75) is 0 Å². The van der Waals surface area contributed by atoms with E-state index >= 15 is 0 Å². The van der Waals surface area contributed by atoms with Crippen LogP contribution >= 0.6 is 15.9 Å². The second kappa shape index (κ2) is 4.69. The third-order valence-corrected chi connectivity index (χ3v) is 2.68. The van der Waals surface area contributed by atoms with Crippen LogP contribution in [0.3, 0.4) is 0 Å². The molecule has 1 heterocycles. The van der Waals surface area contributed by atoms with Crippen LogP contribution in [-0.4, -0.2) is 21.0 Å². The van der Waals surface area contributed by atoms with Crippen LogP contribution in [0.5, 0.6) is 0 Å². The second-order valence-corrected chi connectivity index (χ2v) is 4.33. The first-order valence-electron chi connectivity index (χ1n) is 4.77. The highest BCUT2D eigenvalue weighted by Gasteiger charge is 2.12. The number of carbonyl (C=O) groups is 1. The number of benzene rings is 1. The molecule has 1 aromatic carbocycles. The Morgan fingerprint density at radius 2 is 2.11 bits per heavy atom. The van der Waals surface area contributed by atoms with E-state index in [0.717, 1.165) is 6.07 Å². The molecule has 0 saturated carbocycles. The zero-order chi connectivity index (χ0) is 13.3. The van der Waals surface area contributed by atoms with E-state index in [0.29, 0.717) is 4.47 Å². The summed E-state index contributed by atoms with van der Waals surface area (Å²) in [4.78, 5) is 27.6. The molecule has 0 fully saturated rings. The van der Waals surface area contributed by atoms with Crippen LogP contribution in [0.1, 0.15) is 10.5 Å². The van der Waals surface area contributed by atoms with E-state index in [1.807, 2.05) is 4.98 Å². The molecule has 0 radical (unpaired) electrons. The van der Waals surface area contributed by atoms with Crippen molar-refractivity contribution in [2.75, 3.05) is 0 Å². The number of hydrogen-bond acceptors (Lipinski definition) is 3. The largest absolute Gasteiger partial charge is 0.477 e. The lowest BCUT2D eigenvalue weighted by Crippen LogP contribution is -2.16. The summed E-state index contributed by atoms with van der Waals surface area (Å²) in [7, 11) is 0. The van der Waals surface area contributed by atoms with Gasteiger partial charge in [0.05, 0.1) is 5.69 Å². The van der Waals surface area contributed by atoms with Gasteiger partial charge in [0, 0.05) is 10.0 Å². The molecule has 1 aromatic heterocycles. The molecule has 18 heavy (non-hydrogen) atoms. The van der Waals surface area contributed by atoms with E-state index < -0.39 is 17.5 Å². The number of H-pyrrole nitrogens is 1. The van der Waals surface area contributed by atoms with E-state index in [4.69, 9.17) is 5.11 Å². The predicted octanol–water partition coefficient (Wildman–Crippen LogP) is 2.04. The lowest BCUT2D eigenvalue weighted by Gasteiger charge is -2.03. The number of rotatable bonds is 2. The Labute approximate surface area is 108 Å². The number of aromatic amines is 1. The van der Waals surface area contributed by atoms with Crippen LogP contribution < -0.4 is 5.69 Å². The molecule has 2 aromatic rings. The number of hydrogen-bond donors (Lipinski definition) is 2. The molecule has 0 saturated heterocycles. The van der Waals surface area contributed by atoms with Gasteiger partial charge in [-0.2, -0.15) is 4.98 Å². The van der Waals surface area contributed by atoms with Gasteiger partial charge in [0.15, 0.2) is 0 Å². The van der Waals surface area contributed by atoms with E-state index in [-0.39, 0.29) is 17.0 Å². The normalized spacial score (nSPS) is 10.3. The van der Waals surface area contributed by atoms with E-state index in [1.165, 1.54) is 12.1 Å². The molecule has 7 heteroatoms. The first kappa shape index (κ1) is 12.4. The molecule has 0 atom stereocenters. The number of carboxylic acid groups (broad SMARTS) is 1. The van der Waals surface area contributed by atoms with Crippen LogP contribution in [-0.2, 0) is 0 Å². The molecule has 0 bridgehead atoms. The maximum atomic E-state index is 13.7. The maximum absolute atomic E-state index is 13.7. The fourth-order valence-electron chi connectivity index (χ4n) is 1.41. The summed E-state index contributed by atoms with van der Waals surface area (Å²) in [5, 5.41) is 8.79. The second-order valence-electron chi connectivity index (χ2n) is 3.41. The fraction of sp³-hybridized carbons (Fsp3) is 0. The van der Waals surface area contributed by atoms with Gasteiger partial charge in [-0.05, 0) is 24.3 Å². The summed E-state index contributed by atoms with van der Waals surface area (Å²) < 4.78 is 14.2. The monoisotopic (exact) mass is 312 g/mol. The average molecular weight is 313 g/mol. The van der Waals surface area contributed by atoms with Crippen molar-refractivity contribution in [3.05, 3.63) is 50.7 Å². The van der Waals surface area contributed by atoms with Gasteiger partial charge in [0.1, 0.15) is 11.5 Å². The van der Waals surface area contributed by atoms with Gasteiger partial charge in [-0.1, -0.05) is 15.9 Å². The minimum absolute atomic E-state index is 0.0267. The van der Waals surface area contributed by atoms with Crippen molar-refractivity contribution in [3.63, 3.8) is 0 Å². The van der Waals surface area contributed by atoms with E-state index in [9.17, 15) is 14.0 Å². The van der Waals surface area contributed by atoms with Crippen molar-refractivity contribution in [1.29, 1.82) is 0 Å². The van der Waals surface area contributed by atoms with Crippen LogP contribution in [0.4, 0.5) is 4.39 Å². The number of halogens is 2. The zero-order valence-electron chi connectivity index (χ0n) is 8.78. The lowest BCUT2D eigenvalue weighted by atomic mass is 10.1. The van der Waals surface area contributed by atoms with Gasteiger partial charge >= 0.3 is 11.7 Å². The highest BCUT2D eigenvalue weighted by Crippen LogP contribution is 2.23. The summed E-state index contributed by atoms with van der Waals surface area (Å²) in [6.45, 7) is 0. The van der Waals surface area contributed by atoms with E-state index in [2.05, 4.69) is 20.9 Å². The highest BCUT2D eigenvalue weighted by atomic mass is 79.9. The molecule has 0 aliphatic carbocycles. The molecular formula is C11H6BrFN2O3. The third-order valence-electron chi connectivity index (χ3n) is 2.18. The fourth-order valence-corrected chi connectivity index (χ4v) is 1.74. The van der Waals surface area contributed by atoms with Crippen molar-refractivity contribution < 1.29 is 14.3 Å². The van der Waals surface area contributed by atoms with Gasteiger partial charge in [-0.25, -0.2) is 14.0 Å². The molecule has 2 N–H and O–H groups in total. The van der Waals surface area contributed by atoms with Gasteiger partial charge in [-0.3, -0.25) is 4.98 Å². The number of nitrogens with one attached hydrogen (secondary N) is 1. The Hall–Kier alpha value is -2.02. The maximum Gasteiger partial charge on any atom is 0.352 e. The first-order chi connectivity index (χ1) is 8.47. The molecule has 92 valence electrons. The van der Waals surface area contributed by atoms with Crippen LogP contribution in [0.25, 0.3) is 11.3 Å². The van der Waals surface area contributed by atoms with Gasteiger partial charge < -0.3 is 5.11 Å². The van der Waals surface area contributed by atoms with Crippen molar-refractivity contribution in [1.82, 2.24) is 9.97 Å². The number of carboxylic acids is 1. The number of aromatic carboxylic acids is 1. The molecule has 0 unspecified atom stereocenters. The highest BCUT2D eigenvalue weighted by molar-refractivity contribution is 9.10. The summed E-state index contributed by atoms with van der Waals surface area (Å²) in [6, 6.07) is 5.29. The van der Waals surface area contributed by atoms with Gasteiger partial charge in [0.2, 0.25) is 0 Å². The standard InChI is InChI=1S/C11H6BrFN2O3/c12-5-1-2-6(7(13)3-5)8-4-9(10(16)17)15-11(18)14-8/h1-4H,(H,16,17)(H,14,15,18). The van der Waals surface area contributed by atoms with E-state index in [1.54, 1.807) is 6.07 Å². The average Bonchev–Trinajstić information content (AvgIpc) is 2.27. The smallest absolute Gasteiger partial charge is 0.352 e. The van der Waals surface area contributed by atoms with Crippen LogP contribution in [0.2, 0.25) is 0 Å². The van der Waals surface area contributed by atoms with Gasteiger partial charge in [0.25, 0.3) is 0 Å². The summed E-state index contributed by atoms with van der Waals surface area (Å²) in [6.07, 6.45) is 0. The molecule has 0 aliphatic rings. The number of aromatic nitrogens is 2. The quantitative estimate of drug-likeness (QED) is 0.889. The summed E-state index contributed by atoms with van der Waals surface area (Å²) in [5.41, 5.74) is -1.15. The Morgan fingerprint density at radius 3 is 2.72 bits per heavy atom. The zero-order valence-corrected chi connectivity index (χ0v) is 10.4. The van der Waals surface area contributed by atoms with Crippen LogP contribution in [0, 0.1) is 5.82 Å². The molecular weight excluding hydrogens is 307 g/mol. The minimum atomic E-state index is -1.31. The topological polar surface area (TPSA) is 83.0 Å². The Morgan fingerprint density at radius 1 is 1.39 bits per heavy atom. The summed E-state index contributed by atoms with van der Waals surface area (Å²) >= 11 is 3.10. The number of nitrogens with zero attached hydrogens (tertiary/aromatic N) is 1. The van der Waals surface area contributed by atoms with Crippen molar-refractivity contribution in [2.24, 2.45) is 0 Å². The molecule has 2 rings (SSSR count). The van der Waals surface area contributed by atoms with Crippen molar-refractivity contribution in [3.8, 4) is 11.3 Å². The molecule has 0 amide bonds. The Bertz CT molecular complexity index is 684. The Balaban J connectivity index is 2.64. The minimum Gasteiger partial charge on any atom is -0.477 e. The third kappa shape index (κ3) is 2.45. The predicted molar refractivity (Wildman–Crippen MR) is 64.9 cm³/mol. The first-order valence-corrected chi connectivity index (χ1v) is 5.57. The molecule has 0 spiro atoms. The molecule has 5 nitrogen and oxygen atoms in total. The van der Waals surface area contributed by atoms with Crippen molar-refractivity contribution >= 4 is 21.9 Å².